The number of allylic oxidation sites excluding steroid dienone is 4. The molecule has 17 atom stereocenters. The van der Waals surface area contributed by atoms with Crippen molar-refractivity contribution in [3.63, 3.8) is 0 Å². The van der Waals surface area contributed by atoms with Crippen LogP contribution in [0.4, 0.5) is 0 Å². The summed E-state index contributed by atoms with van der Waals surface area (Å²) in [6.07, 6.45) is -3.27. The first-order valence-electron chi connectivity index (χ1n) is 21.8. The Labute approximate surface area is 354 Å². The van der Waals surface area contributed by atoms with Crippen molar-refractivity contribution in [3.8, 4) is 0 Å². The van der Waals surface area contributed by atoms with E-state index < -0.39 is 107 Å². The maximum atomic E-state index is 13.7. The van der Waals surface area contributed by atoms with Crippen molar-refractivity contribution < 1.29 is 69.1 Å². The number of aliphatic hydroxyl groups excluding tert-OH is 6. The summed E-state index contributed by atoms with van der Waals surface area (Å²) in [4.78, 5) is 38.9. The molecule has 6 rings (SSSR count). The van der Waals surface area contributed by atoms with Gasteiger partial charge in [-0.2, -0.15) is 0 Å². The van der Waals surface area contributed by atoms with Crippen molar-refractivity contribution in [2.45, 2.75) is 169 Å². The van der Waals surface area contributed by atoms with E-state index in [9.17, 15) is 50.1 Å². The van der Waals surface area contributed by atoms with Gasteiger partial charge in [0.15, 0.2) is 18.5 Å². The molecular formula is C46H70O14. The lowest BCUT2D eigenvalue weighted by Gasteiger charge is -2.72. The number of hydrogen-bond donors (Lipinski definition) is 7. The molecule has 14 heteroatoms. The summed E-state index contributed by atoms with van der Waals surface area (Å²) >= 11 is 0. The fourth-order valence-electron chi connectivity index (χ4n) is 13.4. The lowest BCUT2D eigenvalue weighted by Crippen LogP contribution is -2.72. The number of carbonyl (C=O) groups is 3. The zero-order valence-electron chi connectivity index (χ0n) is 37.0. The quantitative estimate of drug-likeness (QED) is 0.0754. The molecule has 7 N–H and O–H groups in total. The molecular weight excluding hydrogens is 776 g/mol. The molecule has 0 aromatic carbocycles. The van der Waals surface area contributed by atoms with Crippen LogP contribution in [0.5, 0.6) is 0 Å². The molecule has 1 heterocycles. The van der Waals surface area contributed by atoms with E-state index in [1.165, 1.54) is 0 Å². The summed E-state index contributed by atoms with van der Waals surface area (Å²) in [5.74, 6) is -3.13. The predicted molar refractivity (Wildman–Crippen MR) is 218 cm³/mol. The molecule has 0 aromatic heterocycles. The lowest BCUT2D eigenvalue weighted by atomic mass is 9.33. The third-order valence-electron chi connectivity index (χ3n) is 17.5. The van der Waals surface area contributed by atoms with Crippen LogP contribution in [0, 0.1) is 50.2 Å². The second-order valence-corrected chi connectivity index (χ2v) is 20.7. The Morgan fingerprint density at radius 3 is 1.95 bits per heavy atom. The van der Waals surface area contributed by atoms with E-state index in [0.29, 0.717) is 43.3 Å². The van der Waals surface area contributed by atoms with Gasteiger partial charge in [0.2, 0.25) is 0 Å². The van der Waals surface area contributed by atoms with E-state index in [2.05, 4.69) is 26.8 Å². The van der Waals surface area contributed by atoms with Crippen molar-refractivity contribution in [1.82, 2.24) is 0 Å². The largest absolute Gasteiger partial charge is 0.479 e. The number of hydrogen-bond acceptors (Lipinski definition) is 13. The molecule has 0 aromatic rings. The zero-order chi connectivity index (χ0) is 44.7. The van der Waals surface area contributed by atoms with E-state index in [4.69, 9.17) is 18.9 Å². The van der Waals surface area contributed by atoms with Gasteiger partial charge in [-0.15, -0.1) is 0 Å². The third kappa shape index (κ3) is 6.76. The van der Waals surface area contributed by atoms with Gasteiger partial charge in [-0.3, -0.25) is 0 Å². The zero-order valence-corrected chi connectivity index (χ0v) is 37.0. The van der Waals surface area contributed by atoms with Crippen molar-refractivity contribution in [2.75, 3.05) is 13.2 Å². The summed E-state index contributed by atoms with van der Waals surface area (Å²) in [5, 5.41) is 76.8. The number of carboxylic acids is 1. The van der Waals surface area contributed by atoms with Gasteiger partial charge in [0.25, 0.3) is 0 Å². The highest BCUT2D eigenvalue weighted by Crippen LogP contribution is 2.76. The van der Waals surface area contributed by atoms with Gasteiger partial charge in [0, 0.05) is 22.0 Å². The number of carboxylic acid groups (broad SMARTS) is 1. The second kappa shape index (κ2) is 16.1. The van der Waals surface area contributed by atoms with Crippen molar-refractivity contribution >= 4 is 17.9 Å². The topological polar surface area (TPSA) is 230 Å². The van der Waals surface area contributed by atoms with Gasteiger partial charge in [0.05, 0.1) is 30.8 Å². The number of esters is 2. The summed E-state index contributed by atoms with van der Waals surface area (Å²) in [7, 11) is 0. The van der Waals surface area contributed by atoms with Crippen LogP contribution in [0.3, 0.4) is 0 Å². The Hall–Kier alpha value is -2.69. The molecule has 0 unspecified atom stereocenters. The number of rotatable bonds is 9. The Morgan fingerprint density at radius 1 is 0.800 bits per heavy atom. The van der Waals surface area contributed by atoms with Crippen molar-refractivity contribution in [1.29, 1.82) is 0 Å². The van der Waals surface area contributed by atoms with Gasteiger partial charge in [0.1, 0.15) is 24.4 Å². The maximum absolute atomic E-state index is 13.7. The highest BCUT2D eigenvalue weighted by atomic mass is 16.7. The van der Waals surface area contributed by atoms with Crippen LogP contribution in [0.25, 0.3) is 0 Å². The van der Waals surface area contributed by atoms with E-state index in [1.54, 1.807) is 39.8 Å². The van der Waals surface area contributed by atoms with E-state index >= 15 is 0 Å². The normalized spacial score (nSPS) is 47.7. The number of ether oxygens (including phenoxy) is 4. The number of aliphatic hydroxyl groups is 6. The minimum Gasteiger partial charge on any atom is -0.479 e. The van der Waals surface area contributed by atoms with Crippen LogP contribution in [0.15, 0.2) is 34.9 Å². The standard InChI is InChI=1S/C46H70O14/c1-11-23(3)38(55)59-35-36(60-39(56)24(4)12-2)46(22-48)26(19-41(35,5)6)25-13-14-28-42(7)17-16-30(57-40-33(52)31(50)32(51)34(58-40)37(53)54)43(8,21-47)27(42)15-18-44(28,9)45(25,10)20-29(46)49/h11-13,26-36,40,47-52H,14-22H2,1-10H3,(H,53,54)/b23-11+,24-12-/t26-,27+,28+,29-,30-,31-,32-,33+,34-,35-,36-,40+,42-,43-,44+,45+,46-/m0/s1. The van der Waals surface area contributed by atoms with E-state index in [0.717, 1.165) is 12.0 Å². The smallest absolute Gasteiger partial charge is 0.335 e. The van der Waals surface area contributed by atoms with Crippen LogP contribution in [0.1, 0.15) is 114 Å². The first-order valence-corrected chi connectivity index (χ1v) is 21.8. The number of carbonyl (C=O) groups excluding carboxylic acids is 2. The fraction of sp³-hybridized carbons (Fsp3) is 0.804. The van der Waals surface area contributed by atoms with Crippen LogP contribution in [-0.2, 0) is 33.3 Å². The first-order chi connectivity index (χ1) is 27.9. The molecule has 4 saturated carbocycles. The molecule has 5 fully saturated rings. The van der Waals surface area contributed by atoms with Crippen molar-refractivity contribution in [2.24, 2.45) is 50.2 Å². The number of fused-ring (bicyclic) bond motifs is 7. The molecule has 6 aliphatic rings. The molecule has 1 saturated heterocycles. The average Bonchev–Trinajstić information content (AvgIpc) is 3.19. The summed E-state index contributed by atoms with van der Waals surface area (Å²) < 4.78 is 24.4. The van der Waals surface area contributed by atoms with Crippen LogP contribution in [0.2, 0.25) is 0 Å². The molecule has 60 heavy (non-hydrogen) atoms. The molecule has 0 spiro atoms. The van der Waals surface area contributed by atoms with Gasteiger partial charge < -0.3 is 54.7 Å². The average molecular weight is 847 g/mol. The molecule has 14 nitrogen and oxygen atoms in total. The van der Waals surface area contributed by atoms with Gasteiger partial charge in [-0.05, 0) is 107 Å². The molecule has 1 aliphatic heterocycles. The third-order valence-corrected chi connectivity index (χ3v) is 17.5. The highest BCUT2D eigenvalue weighted by Gasteiger charge is 2.74. The molecule has 338 valence electrons. The van der Waals surface area contributed by atoms with E-state index in [1.807, 2.05) is 20.8 Å². The van der Waals surface area contributed by atoms with E-state index in [-0.39, 0.29) is 35.7 Å². The Balaban J connectivity index is 1.38. The monoisotopic (exact) mass is 846 g/mol. The lowest BCUT2D eigenvalue weighted by molar-refractivity contribution is -0.328. The molecule has 0 radical (unpaired) electrons. The fourth-order valence-corrected chi connectivity index (χ4v) is 13.4. The van der Waals surface area contributed by atoms with Crippen LogP contribution < -0.4 is 0 Å². The first kappa shape index (κ1) is 46.8. The predicted octanol–water partition coefficient (Wildman–Crippen LogP) is 3.98. The Morgan fingerprint density at radius 2 is 1.40 bits per heavy atom. The van der Waals surface area contributed by atoms with Gasteiger partial charge >= 0.3 is 17.9 Å². The SMILES string of the molecule is C/C=C(/C)C(=O)O[C@H]1[C@H](OC(=O)/C(C)=C/C)C(C)(C)C[C@H]2C3=CC[C@@H]4[C@@]5(C)CC[C@H](O[C@@H]6O[C@H](C(=O)O)[C@@H](O)[C@H](O)[C@H]6O)[C@@](C)(CO)[C@@H]5CC[C@@]4(C)[C@]3(C)C[C@H](O)[C@]21CO. The van der Waals surface area contributed by atoms with Crippen LogP contribution >= 0.6 is 0 Å². The van der Waals surface area contributed by atoms with Crippen LogP contribution in [-0.4, -0.2) is 122 Å². The molecule has 5 aliphatic carbocycles. The molecule has 0 amide bonds. The molecule has 0 bridgehead atoms. The Kier molecular flexibility index (Phi) is 12.6. The summed E-state index contributed by atoms with van der Waals surface area (Å²) in [6, 6.07) is 0. The van der Waals surface area contributed by atoms with Gasteiger partial charge in [-0.25, -0.2) is 14.4 Å². The minimum absolute atomic E-state index is 0.0723. The van der Waals surface area contributed by atoms with Gasteiger partial charge in [-0.1, -0.05) is 65.3 Å². The maximum Gasteiger partial charge on any atom is 0.335 e. The number of aliphatic carboxylic acids is 1. The van der Waals surface area contributed by atoms with Crippen molar-refractivity contribution in [3.05, 3.63) is 34.9 Å². The summed E-state index contributed by atoms with van der Waals surface area (Å²) in [5.41, 5.74) is -2.47. The second-order valence-electron chi connectivity index (χ2n) is 20.7. The summed E-state index contributed by atoms with van der Waals surface area (Å²) in [6.45, 7) is 18.7. The highest BCUT2D eigenvalue weighted by molar-refractivity contribution is 5.88. The Bertz CT molecular complexity index is 1790. The minimum atomic E-state index is -1.85.